The van der Waals surface area contributed by atoms with Crippen molar-refractivity contribution in [3.8, 4) is 0 Å². The highest BCUT2D eigenvalue weighted by atomic mass is 16.2. The van der Waals surface area contributed by atoms with Crippen molar-refractivity contribution in [2.45, 2.75) is 6.42 Å². The molecule has 1 N–H and O–H groups in total. The molecule has 1 aliphatic rings. The molecule has 1 amide bonds. The zero-order valence-corrected chi connectivity index (χ0v) is 18.3. The van der Waals surface area contributed by atoms with Gasteiger partial charge in [-0.1, -0.05) is 36.4 Å². The number of likely N-dealkylation sites (N-methyl/N-ethyl adjacent to an activating group) is 1. The number of nitrogens with one attached hydrogen (secondary N) is 1. The maximum Gasteiger partial charge on any atom is 0.253 e. The van der Waals surface area contributed by atoms with Crippen LogP contribution in [0.2, 0.25) is 0 Å². The smallest absolute Gasteiger partial charge is 0.253 e. The molecule has 0 unspecified atom stereocenters. The number of fused-ring (bicyclic) bond motifs is 2. The van der Waals surface area contributed by atoms with Gasteiger partial charge in [0.1, 0.15) is 12.1 Å². The largest absolute Gasteiger partial charge is 0.369 e. The van der Waals surface area contributed by atoms with E-state index in [2.05, 4.69) is 51.5 Å². The standard InChI is InChI=1S/C26H27N5O/c1-30-12-14-31(15-13-30)26(32)22-9-8-20-16-19(6-7-21(20)17-22)10-11-27-25-23-4-2-3-5-24(23)28-18-29-25/h2-9,16-18H,10-15H2,1H3,(H,27,28,29). The SMILES string of the molecule is CN1CCN(C(=O)c2ccc3cc(CCNc4ncnc5ccccc45)ccc3c2)CC1. The van der Waals surface area contributed by atoms with E-state index in [1.54, 1.807) is 6.33 Å². The molecule has 0 spiro atoms. The van der Waals surface area contributed by atoms with E-state index in [1.807, 2.05) is 41.3 Å². The van der Waals surface area contributed by atoms with Gasteiger partial charge in [0.05, 0.1) is 5.52 Å². The summed E-state index contributed by atoms with van der Waals surface area (Å²) in [6.45, 7) is 4.23. The lowest BCUT2D eigenvalue weighted by Gasteiger charge is -2.32. The number of carbonyl (C=O) groups excluding carboxylic acids is 1. The molecule has 4 aromatic rings. The second-order valence-corrected chi connectivity index (χ2v) is 8.41. The Morgan fingerprint density at radius 3 is 2.59 bits per heavy atom. The molecule has 2 heterocycles. The molecule has 1 aromatic heterocycles. The second kappa shape index (κ2) is 8.93. The topological polar surface area (TPSA) is 61.4 Å². The van der Waals surface area contributed by atoms with Crippen molar-refractivity contribution in [2.75, 3.05) is 45.1 Å². The number of nitrogens with zero attached hydrogens (tertiary/aromatic N) is 4. The van der Waals surface area contributed by atoms with Crippen LogP contribution in [0.25, 0.3) is 21.7 Å². The number of benzene rings is 3. The van der Waals surface area contributed by atoms with Crippen LogP contribution in [0.5, 0.6) is 0 Å². The number of hydrogen-bond donors (Lipinski definition) is 1. The third-order valence-electron chi connectivity index (χ3n) is 6.19. The third-order valence-corrected chi connectivity index (χ3v) is 6.19. The summed E-state index contributed by atoms with van der Waals surface area (Å²) >= 11 is 0. The first-order valence-corrected chi connectivity index (χ1v) is 11.1. The Kier molecular flexibility index (Phi) is 5.69. The lowest BCUT2D eigenvalue weighted by atomic mass is 10.0. The molecular weight excluding hydrogens is 398 g/mol. The number of piperazine rings is 1. The molecule has 5 rings (SSSR count). The van der Waals surface area contributed by atoms with E-state index in [1.165, 1.54) is 5.56 Å². The summed E-state index contributed by atoms with van der Waals surface area (Å²) in [4.78, 5) is 25.8. The van der Waals surface area contributed by atoms with Gasteiger partial charge in [-0.3, -0.25) is 4.79 Å². The number of hydrogen-bond acceptors (Lipinski definition) is 5. The van der Waals surface area contributed by atoms with E-state index < -0.39 is 0 Å². The maximum absolute atomic E-state index is 12.9. The fourth-order valence-corrected chi connectivity index (χ4v) is 4.25. The predicted molar refractivity (Wildman–Crippen MR) is 129 cm³/mol. The number of anilines is 1. The molecule has 32 heavy (non-hydrogen) atoms. The van der Waals surface area contributed by atoms with Gasteiger partial charge < -0.3 is 15.1 Å². The van der Waals surface area contributed by atoms with Gasteiger partial charge in [0.2, 0.25) is 0 Å². The molecule has 0 atom stereocenters. The quantitative estimate of drug-likeness (QED) is 0.527. The van der Waals surface area contributed by atoms with E-state index in [-0.39, 0.29) is 5.91 Å². The molecule has 0 bridgehead atoms. The van der Waals surface area contributed by atoms with Crippen molar-refractivity contribution in [1.82, 2.24) is 19.8 Å². The molecule has 162 valence electrons. The van der Waals surface area contributed by atoms with Crippen molar-refractivity contribution in [2.24, 2.45) is 0 Å². The van der Waals surface area contributed by atoms with Gasteiger partial charge in [0, 0.05) is 43.7 Å². The monoisotopic (exact) mass is 425 g/mol. The number of para-hydroxylation sites is 1. The summed E-state index contributed by atoms with van der Waals surface area (Å²) < 4.78 is 0. The fraction of sp³-hybridized carbons (Fsp3) is 0.269. The summed E-state index contributed by atoms with van der Waals surface area (Å²) in [5, 5.41) is 6.73. The number of rotatable bonds is 5. The second-order valence-electron chi connectivity index (χ2n) is 8.41. The van der Waals surface area contributed by atoms with Crippen molar-refractivity contribution in [1.29, 1.82) is 0 Å². The average molecular weight is 426 g/mol. The van der Waals surface area contributed by atoms with Gasteiger partial charge in [-0.05, 0) is 54.1 Å². The summed E-state index contributed by atoms with van der Waals surface area (Å²) in [7, 11) is 2.10. The zero-order chi connectivity index (χ0) is 21.9. The van der Waals surface area contributed by atoms with Crippen LogP contribution in [0, 0.1) is 0 Å². The first-order valence-electron chi connectivity index (χ1n) is 11.1. The molecule has 6 nitrogen and oxygen atoms in total. The lowest BCUT2D eigenvalue weighted by Crippen LogP contribution is -2.47. The minimum absolute atomic E-state index is 0.130. The Bertz CT molecular complexity index is 1260. The highest BCUT2D eigenvalue weighted by Gasteiger charge is 2.20. The average Bonchev–Trinajstić information content (AvgIpc) is 2.84. The normalized spacial score (nSPS) is 14.7. The van der Waals surface area contributed by atoms with Gasteiger partial charge in [0.25, 0.3) is 5.91 Å². The predicted octanol–water partition coefficient (Wildman–Crippen LogP) is 3.83. The zero-order valence-electron chi connectivity index (χ0n) is 18.3. The number of carbonyl (C=O) groups is 1. The Morgan fingerprint density at radius 2 is 1.72 bits per heavy atom. The Hall–Kier alpha value is -3.51. The van der Waals surface area contributed by atoms with Crippen LogP contribution in [0.1, 0.15) is 15.9 Å². The minimum Gasteiger partial charge on any atom is -0.369 e. The van der Waals surface area contributed by atoms with E-state index in [0.717, 1.165) is 72.2 Å². The molecule has 1 fully saturated rings. The van der Waals surface area contributed by atoms with E-state index in [4.69, 9.17) is 0 Å². The number of amides is 1. The maximum atomic E-state index is 12.9. The molecule has 1 saturated heterocycles. The van der Waals surface area contributed by atoms with Crippen molar-refractivity contribution < 1.29 is 4.79 Å². The van der Waals surface area contributed by atoms with E-state index in [0.29, 0.717) is 0 Å². The highest BCUT2D eigenvalue weighted by molar-refractivity contribution is 5.98. The van der Waals surface area contributed by atoms with Crippen molar-refractivity contribution >= 4 is 33.4 Å². The molecule has 0 aliphatic carbocycles. The van der Waals surface area contributed by atoms with Gasteiger partial charge in [-0.25, -0.2) is 9.97 Å². The van der Waals surface area contributed by atoms with Gasteiger partial charge in [-0.2, -0.15) is 0 Å². The Morgan fingerprint density at radius 1 is 0.938 bits per heavy atom. The van der Waals surface area contributed by atoms with E-state index in [9.17, 15) is 4.79 Å². The summed E-state index contributed by atoms with van der Waals surface area (Å²) in [5.74, 6) is 0.994. The Balaban J connectivity index is 1.26. The summed E-state index contributed by atoms with van der Waals surface area (Å²) in [5.41, 5.74) is 2.96. The van der Waals surface area contributed by atoms with Crippen LogP contribution in [0.15, 0.2) is 67.0 Å². The van der Waals surface area contributed by atoms with Crippen LogP contribution in [-0.2, 0) is 6.42 Å². The molecule has 1 aliphatic heterocycles. The van der Waals surface area contributed by atoms with Crippen LogP contribution >= 0.6 is 0 Å². The van der Waals surface area contributed by atoms with Crippen LogP contribution in [-0.4, -0.2) is 65.4 Å². The Labute approximate surface area is 187 Å². The molecule has 0 saturated carbocycles. The third kappa shape index (κ3) is 4.27. The lowest BCUT2D eigenvalue weighted by molar-refractivity contribution is 0.0664. The molecule has 3 aromatic carbocycles. The molecule has 0 radical (unpaired) electrons. The van der Waals surface area contributed by atoms with Gasteiger partial charge in [0.15, 0.2) is 0 Å². The van der Waals surface area contributed by atoms with Gasteiger partial charge in [-0.15, -0.1) is 0 Å². The first kappa shape index (κ1) is 20.4. The van der Waals surface area contributed by atoms with E-state index >= 15 is 0 Å². The van der Waals surface area contributed by atoms with Crippen molar-refractivity contribution in [3.63, 3.8) is 0 Å². The first-order chi connectivity index (χ1) is 15.7. The van der Waals surface area contributed by atoms with Crippen LogP contribution in [0.3, 0.4) is 0 Å². The summed E-state index contributed by atoms with van der Waals surface area (Å²) in [6, 6.07) is 20.5. The van der Waals surface area contributed by atoms with Crippen LogP contribution in [0.4, 0.5) is 5.82 Å². The minimum atomic E-state index is 0.130. The fourth-order valence-electron chi connectivity index (χ4n) is 4.25. The molecular formula is C26H27N5O. The summed E-state index contributed by atoms with van der Waals surface area (Å²) in [6.07, 6.45) is 2.48. The van der Waals surface area contributed by atoms with Crippen LogP contribution < -0.4 is 5.32 Å². The van der Waals surface area contributed by atoms with Crippen molar-refractivity contribution in [3.05, 3.63) is 78.1 Å². The molecule has 6 heteroatoms. The highest BCUT2D eigenvalue weighted by Crippen LogP contribution is 2.21. The number of aromatic nitrogens is 2. The van der Waals surface area contributed by atoms with Gasteiger partial charge >= 0.3 is 0 Å².